The SMILES string of the molecule is Cc1cc(C(=O)O)cc(NC2(C)CCOC2C)n1. The van der Waals surface area contributed by atoms with Gasteiger partial charge in [0.1, 0.15) is 5.82 Å². The topological polar surface area (TPSA) is 71.5 Å². The van der Waals surface area contributed by atoms with Crippen LogP contribution in [-0.4, -0.2) is 34.3 Å². The Labute approximate surface area is 106 Å². The van der Waals surface area contributed by atoms with Crippen LogP contribution in [0.25, 0.3) is 0 Å². The van der Waals surface area contributed by atoms with E-state index in [1.807, 2.05) is 6.92 Å². The fourth-order valence-electron chi connectivity index (χ4n) is 2.15. The molecule has 2 unspecified atom stereocenters. The van der Waals surface area contributed by atoms with E-state index in [-0.39, 0.29) is 17.2 Å². The summed E-state index contributed by atoms with van der Waals surface area (Å²) >= 11 is 0. The van der Waals surface area contributed by atoms with Crippen LogP contribution in [0.2, 0.25) is 0 Å². The second-order valence-electron chi connectivity index (χ2n) is 4.99. The molecular formula is C13H18N2O3. The molecular weight excluding hydrogens is 232 g/mol. The molecule has 2 heterocycles. The minimum Gasteiger partial charge on any atom is -0.478 e. The van der Waals surface area contributed by atoms with Gasteiger partial charge in [-0.05, 0) is 39.3 Å². The van der Waals surface area contributed by atoms with Crippen molar-refractivity contribution >= 4 is 11.8 Å². The van der Waals surface area contributed by atoms with Crippen molar-refractivity contribution in [2.24, 2.45) is 0 Å². The second kappa shape index (κ2) is 4.57. The van der Waals surface area contributed by atoms with Gasteiger partial charge in [-0.1, -0.05) is 0 Å². The number of aromatic nitrogens is 1. The number of aromatic carboxylic acids is 1. The first-order valence-corrected chi connectivity index (χ1v) is 6.02. The van der Waals surface area contributed by atoms with Gasteiger partial charge in [0.15, 0.2) is 0 Å². The van der Waals surface area contributed by atoms with Crippen molar-refractivity contribution in [3.63, 3.8) is 0 Å². The van der Waals surface area contributed by atoms with E-state index in [1.165, 1.54) is 0 Å². The molecule has 1 aliphatic heterocycles. The smallest absolute Gasteiger partial charge is 0.335 e. The van der Waals surface area contributed by atoms with E-state index in [0.29, 0.717) is 18.1 Å². The third-order valence-corrected chi connectivity index (χ3v) is 3.50. The quantitative estimate of drug-likeness (QED) is 0.859. The average molecular weight is 250 g/mol. The van der Waals surface area contributed by atoms with Crippen molar-refractivity contribution in [1.29, 1.82) is 0 Å². The van der Waals surface area contributed by atoms with Crippen molar-refractivity contribution in [2.45, 2.75) is 38.8 Å². The maximum Gasteiger partial charge on any atom is 0.335 e. The molecule has 1 saturated heterocycles. The number of pyridine rings is 1. The fraction of sp³-hybridized carbons (Fsp3) is 0.538. The predicted molar refractivity (Wildman–Crippen MR) is 68.0 cm³/mol. The highest BCUT2D eigenvalue weighted by atomic mass is 16.5. The Bertz CT molecular complexity index is 475. The molecule has 0 radical (unpaired) electrons. The summed E-state index contributed by atoms with van der Waals surface area (Å²) in [5.41, 5.74) is 0.740. The summed E-state index contributed by atoms with van der Waals surface area (Å²) < 4.78 is 5.54. The molecule has 1 aromatic heterocycles. The lowest BCUT2D eigenvalue weighted by atomic mass is 9.94. The molecule has 0 bridgehead atoms. The third kappa shape index (κ3) is 2.46. The molecule has 0 saturated carbocycles. The normalized spacial score (nSPS) is 27.2. The van der Waals surface area contributed by atoms with Crippen LogP contribution in [0.4, 0.5) is 5.82 Å². The third-order valence-electron chi connectivity index (χ3n) is 3.50. The molecule has 1 aliphatic rings. The van der Waals surface area contributed by atoms with Gasteiger partial charge < -0.3 is 15.2 Å². The molecule has 1 aromatic rings. The lowest BCUT2D eigenvalue weighted by Gasteiger charge is -2.29. The zero-order chi connectivity index (χ0) is 13.3. The van der Waals surface area contributed by atoms with Gasteiger partial charge in [-0.15, -0.1) is 0 Å². The van der Waals surface area contributed by atoms with E-state index in [9.17, 15) is 4.79 Å². The molecule has 2 rings (SSSR count). The van der Waals surface area contributed by atoms with Gasteiger partial charge in [0.25, 0.3) is 0 Å². The molecule has 0 aliphatic carbocycles. The number of hydrogen-bond acceptors (Lipinski definition) is 4. The van der Waals surface area contributed by atoms with E-state index in [4.69, 9.17) is 9.84 Å². The largest absolute Gasteiger partial charge is 0.478 e. The molecule has 1 fully saturated rings. The van der Waals surface area contributed by atoms with Crippen LogP contribution in [0.1, 0.15) is 36.3 Å². The number of nitrogens with zero attached hydrogens (tertiary/aromatic N) is 1. The van der Waals surface area contributed by atoms with Gasteiger partial charge in [-0.3, -0.25) is 0 Å². The lowest BCUT2D eigenvalue weighted by molar-refractivity contribution is 0.0696. The Morgan fingerprint density at radius 3 is 2.89 bits per heavy atom. The molecule has 5 heteroatoms. The number of carboxylic acid groups (broad SMARTS) is 1. The Hall–Kier alpha value is -1.62. The molecule has 0 spiro atoms. The summed E-state index contributed by atoms with van der Waals surface area (Å²) in [5.74, 6) is -0.350. The van der Waals surface area contributed by atoms with Crippen molar-refractivity contribution in [2.75, 3.05) is 11.9 Å². The summed E-state index contributed by atoms with van der Waals surface area (Å²) in [6, 6.07) is 3.12. The van der Waals surface area contributed by atoms with E-state index in [2.05, 4.69) is 17.2 Å². The van der Waals surface area contributed by atoms with Crippen LogP contribution in [0.15, 0.2) is 12.1 Å². The van der Waals surface area contributed by atoms with E-state index >= 15 is 0 Å². The number of rotatable bonds is 3. The van der Waals surface area contributed by atoms with Crippen LogP contribution in [-0.2, 0) is 4.74 Å². The van der Waals surface area contributed by atoms with Crippen molar-refractivity contribution in [1.82, 2.24) is 4.98 Å². The number of hydrogen-bond donors (Lipinski definition) is 2. The highest BCUT2D eigenvalue weighted by Crippen LogP contribution is 2.29. The minimum absolute atomic E-state index is 0.0769. The first-order valence-electron chi connectivity index (χ1n) is 6.02. The maximum absolute atomic E-state index is 11.0. The monoisotopic (exact) mass is 250 g/mol. The van der Waals surface area contributed by atoms with Crippen LogP contribution in [0.3, 0.4) is 0 Å². The Morgan fingerprint density at radius 1 is 1.61 bits per heavy atom. The van der Waals surface area contributed by atoms with Gasteiger partial charge in [-0.2, -0.15) is 0 Å². The van der Waals surface area contributed by atoms with Gasteiger partial charge in [0, 0.05) is 12.3 Å². The first kappa shape index (κ1) is 12.8. The molecule has 0 amide bonds. The molecule has 5 nitrogen and oxygen atoms in total. The molecule has 2 N–H and O–H groups in total. The van der Waals surface area contributed by atoms with E-state index in [1.54, 1.807) is 19.1 Å². The number of nitrogens with one attached hydrogen (secondary N) is 1. The van der Waals surface area contributed by atoms with Gasteiger partial charge in [-0.25, -0.2) is 9.78 Å². The molecule has 98 valence electrons. The standard InChI is InChI=1S/C13H18N2O3/c1-8-6-10(12(16)17)7-11(14-8)15-13(3)4-5-18-9(13)2/h6-7,9H,4-5H2,1-3H3,(H,14,15)(H,16,17). The van der Waals surface area contributed by atoms with E-state index in [0.717, 1.165) is 6.42 Å². The summed E-state index contributed by atoms with van der Waals surface area (Å²) in [6.45, 7) is 6.57. The highest BCUT2D eigenvalue weighted by molar-refractivity contribution is 5.88. The van der Waals surface area contributed by atoms with Gasteiger partial charge in [0.05, 0.1) is 17.2 Å². The van der Waals surface area contributed by atoms with Crippen molar-refractivity contribution in [3.05, 3.63) is 23.4 Å². The second-order valence-corrected chi connectivity index (χ2v) is 4.99. The zero-order valence-corrected chi connectivity index (χ0v) is 10.9. The number of anilines is 1. The van der Waals surface area contributed by atoms with Crippen LogP contribution < -0.4 is 5.32 Å². The Kier molecular flexibility index (Phi) is 3.26. The molecule has 2 atom stereocenters. The highest BCUT2D eigenvalue weighted by Gasteiger charge is 2.37. The molecule has 18 heavy (non-hydrogen) atoms. The number of carbonyl (C=O) groups is 1. The van der Waals surface area contributed by atoms with Crippen LogP contribution in [0, 0.1) is 6.92 Å². The Balaban J connectivity index is 2.26. The maximum atomic E-state index is 11.0. The summed E-state index contributed by atoms with van der Waals surface area (Å²) in [4.78, 5) is 15.3. The molecule has 0 aromatic carbocycles. The first-order chi connectivity index (χ1) is 8.40. The van der Waals surface area contributed by atoms with Gasteiger partial charge in [0.2, 0.25) is 0 Å². The fourth-order valence-corrected chi connectivity index (χ4v) is 2.15. The van der Waals surface area contributed by atoms with Crippen LogP contribution in [0.5, 0.6) is 0 Å². The summed E-state index contributed by atoms with van der Waals surface area (Å²) in [5, 5.41) is 12.3. The summed E-state index contributed by atoms with van der Waals surface area (Å²) in [7, 11) is 0. The van der Waals surface area contributed by atoms with Crippen molar-refractivity contribution in [3.8, 4) is 0 Å². The van der Waals surface area contributed by atoms with Crippen LogP contribution >= 0.6 is 0 Å². The number of ether oxygens (including phenoxy) is 1. The van der Waals surface area contributed by atoms with E-state index < -0.39 is 5.97 Å². The lowest BCUT2D eigenvalue weighted by Crippen LogP contribution is -2.41. The van der Waals surface area contributed by atoms with Gasteiger partial charge >= 0.3 is 5.97 Å². The minimum atomic E-state index is -0.940. The number of aryl methyl sites for hydroxylation is 1. The zero-order valence-electron chi connectivity index (χ0n) is 10.9. The average Bonchev–Trinajstić information content (AvgIpc) is 2.58. The number of carboxylic acids is 1. The van der Waals surface area contributed by atoms with Crippen molar-refractivity contribution < 1.29 is 14.6 Å². The summed E-state index contributed by atoms with van der Waals surface area (Å²) in [6.07, 6.45) is 0.958. The Morgan fingerprint density at radius 2 is 2.33 bits per heavy atom. The predicted octanol–water partition coefficient (Wildman–Crippen LogP) is 2.07.